The summed E-state index contributed by atoms with van der Waals surface area (Å²) in [7, 11) is 1.31. The first-order valence-electron chi connectivity index (χ1n) is 5.66. The van der Waals surface area contributed by atoms with E-state index in [1.54, 1.807) is 4.90 Å². The van der Waals surface area contributed by atoms with Crippen LogP contribution in [0.25, 0.3) is 0 Å². The van der Waals surface area contributed by atoms with E-state index in [0.717, 1.165) is 32.4 Å². The van der Waals surface area contributed by atoms with E-state index in [0.29, 0.717) is 0 Å². The SMILES string of the molecule is COC(=O)C1(C(=O)N2CCCCC2)COC1. The number of hydrogen-bond acceptors (Lipinski definition) is 4. The molecule has 0 saturated carbocycles. The highest BCUT2D eigenvalue weighted by Gasteiger charge is 2.55. The molecule has 2 aliphatic rings. The van der Waals surface area contributed by atoms with Gasteiger partial charge in [-0.25, -0.2) is 0 Å². The maximum absolute atomic E-state index is 12.2. The molecule has 0 aromatic carbocycles. The van der Waals surface area contributed by atoms with Crippen LogP contribution >= 0.6 is 0 Å². The third-order valence-electron chi connectivity index (χ3n) is 3.33. The van der Waals surface area contributed by atoms with Crippen molar-refractivity contribution in [1.29, 1.82) is 0 Å². The van der Waals surface area contributed by atoms with E-state index in [1.807, 2.05) is 0 Å². The minimum Gasteiger partial charge on any atom is -0.468 e. The van der Waals surface area contributed by atoms with Crippen LogP contribution in [0.1, 0.15) is 19.3 Å². The molecule has 0 radical (unpaired) electrons. The van der Waals surface area contributed by atoms with Crippen molar-refractivity contribution in [3.63, 3.8) is 0 Å². The number of ether oxygens (including phenoxy) is 2. The number of likely N-dealkylation sites (tertiary alicyclic amines) is 1. The third kappa shape index (κ3) is 1.69. The molecule has 0 aromatic rings. The van der Waals surface area contributed by atoms with Crippen LogP contribution < -0.4 is 0 Å². The van der Waals surface area contributed by atoms with E-state index in [2.05, 4.69) is 0 Å². The van der Waals surface area contributed by atoms with Crippen LogP contribution in [0.3, 0.4) is 0 Å². The summed E-state index contributed by atoms with van der Waals surface area (Å²) >= 11 is 0. The second-order valence-electron chi connectivity index (χ2n) is 4.42. The number of methoxy groups -OCH3 is 1. The summed E-state index contributed by atoms with van der Waals surface area (Å²) in [6.07, 6.45) is 3.19. The van der Waals surface area contributed by atoms with E-state index in [-0.39, 0.29) is 19.1 Å². The second kappa shape index (κ2) is 4.41. The number of nitrogens with zero attached hydrogens (tertiary/aromatic N) is 1. The quantitative estimate of drug-likeness (QED) is 0.499. The molecule has 2 heterocycles. The van der Waals surface area contributed by atoms with E-state index >= 15 is 0 Å². The minimum atomic E-state index is -1.05. The van der Waals surface area contributed by atoms with Gasteiger partial charge in [0.1, 0.15) is 0 Å². The summed E-state index contributed by atoms with van der Waals surface area (Å²) in [5, 5.41) is 0. The number of carbonyl (C=O) groups excluding carboxylic acids is 2. The summed E-state index contributed by atoms with van der Waals surface area (Å²) in [5.41, 5.74) is -1.05. The monoisotopic (exact) mass is 227 g/mol. The second-order valence-corrected chi connectivity index (χ2v) is 4.42. The fraction of sp³-hybridized carbons (Fsp3) is 0.818. The minimum absolute atomic E-state index is 0.120. The Balaban J connectivity index is 2.08. The van der Waals surface area contributed by atoms with Crippen molar-refractivity contribution < 1.29 is 19.1 Å². The predicted molar refractivity (Wildman–Crippen MR) is 55.7 cm³/mol. The summed E-state index contributed by atoms with van der Waals surface area (Å²) in [6, 6.07) is 0. The van der Waals surface area contributed by atoms with Gasteiger partial charge in [0, 0.05) is 13.1 Å². The van der Waals surface area contributed by atoms with Crippen molar-refractivity contribution in [2.75, 3.05) is 33.4 Å². The lowest BCUT2D eigenvalue weighted by Gasteiger charge is -2.41. The molecule has 0 bridgehead atoms. The molecule has 1 amide bonds. The van der Waals surface area contributed by atoms with E-state index in [1.165, 1.54) is 7.11 Å². The van der Waals surface area contributed by atoms with Gasteiger partial charge in [0.2, 0.25) is 5.91 Å². The highest BCUT2D eigenvalue weighted by Crippen LogP contribution is 2.32. The zero-order valence-corrected chi connectivity index (χ0v) is 9.53. The smallest absolute Gasteiger partial charge is 0.326 e. The third-order valence-corrected chi connectivity index (χ3v) is 3.33. The molecule has 5 nitrogen and oxygen atoms in total. The molecular formula is C11H17NO4. The topological polar surface area (TPSA) is 55.8 Å². The molecule has 0 unspecified atom stereocenters. The Morgan fingerprint density at radius 2 is 1.81 bits per heavy atom. The average Bonchev–Trinajstić information content (AvgIpc) is 2.28. The number of rotatable bonds is 2. The zero-order valence-electron chi connectivity index (χ0n) is 9.53. The Morgan fingerprint density at radius 1 is 1.19 bits per heavy atom. The molecule has 2 aliphatic heterocycles. The number of amides is 1. The van der Waals surface area contributed by atoms with Crippen LogP contribution in [0.15, 0.2) is 0 Å². The molecular weight excluding hydrogens is 210 g/mol. The van der Waals surface area contributed by atoms with Crippen molar-refractivity contribution in [2.45, 2.75) is 19.3 Å². The van der Waals surface area contributed by atoms with Gasteiger partial charge in [-0.2, -0.15) is 0 Å². The molecule has 0 atom stereocenters. The Hall–Kier alpha value is -1.10. The number of hydrogen-bond donors (Lipinski definition) is 0. The maximum atomic E-state index is 12.2. The molecule has 0 N–H and O–H groups in total. The zero-order chi connectivity index (χ0) is 11.6. The van der Waals surface area contributed by atoms with Gasteiger partial charge in [0.15, 0.2) is 5.41 Å². The molecule has 2 fully saturated rings. The number of carbonyl (C=O) groups is 2. The largest absolute Gasteiger partial charge is 0.468 e. The average molecular weight is 227 g/mol. The first-order valence-corrected chi connectivity index (χ1v) is 5.66. The number of piperidine rings is 1. The normalized spacial score (nSPS) is 23.4. The van der Waals surface area contributed by atoms with E-state index in [4.69, 9.17) is 9.47 Å². The Bertz CT molecular complexity index is 292. The first kappa shape index (κ1) is 11.4. The molecule has 2 saturated heterocycles. The van der Waals surface area contributed by atoms with Crippen molar-refractivity contribution >= 4 is 11.9 Å². The lowest BCUT2D eigenvalue weighted by molar-refractivity contribution is -0.194. The summed E-state index contributed by atoms with van der Waals surface area (Å²) in [4.78, 5) is 25.7. The van der Waals surface area contributed by atoms with E-state index < -0.39 is 11.4 Å². The molecule has 5 heteroatoms. The lowest BCUT2D eigenvalue weighted by Crippen LogP contribution is -2.60. The first-order chi connectivity index (χ1) is 7.70. The predicted octanol–water partition coefficient (Wildman–Crippen LogP) is 0.188. The van der Waals surface area contributed by atoms with Gasteiger partial charge < -0.3 is 14.4 Å². The van der Waals surface area contributed by atoms with Crippen LogP contribution in [-0.2, 0) is 19.1 Å². The molecule has 0 aromatic heterocycles. The van der Waals surface area contributed by atoms with Crippen LogP contribution in [0.4, 0.5) is 0 Å². The standard InChI is InChI=1S/C11H17NO4/c1-15-10(14)11(7-16-8-11)9(13)12-5-3-2-4-6-12/h2-8H2,1H3. The van der Waals surface area contributed by atoms with Crippen LogP contribution in [0.5, 0.6) is 0 Å². The highest BCUT2D eigenvalue weighted by atomic mass is 16.5. The molecule has 0 aliphatic carbocycles. The maximum Gasteiger partial charge on any atom is 0.326 e. The van der Waals surface area contributed by atoms with Crippen molar-refractivity contribution in [2.24, 2.45) is 5.41 Å². The Labute approximate surface area is 94.7 Å². The summed E-state index contributed by atoms with van der Waals surface area (Å²) in [6.45, 7) is 1.82. The van der Waals surface area contributed by atoms with Gasteiger partial charge in [-0.3, -0.25) is 9.59 Å². The number of esters is 1. The van der Waals surface area contributed by atoms with Gasteiger partial charge in [0.25, 0.3) is 0 Å². The lowest BCUT2D eigenvalue weighted by atomic mass is 9.83. The van der Waals surface area contributed by atoms with Gasteiger partial charge in [-0.05, 0) is 19.3 Å². The van der Waals surface area contributed by atoms with Crippen LogP contribution in [-0.4, -0.2) is 50.2 Å². The van der Waals surface area contributed by atoms with Gasteiger partial charge in [-0.1, -0.05) is 0 Å². The summed E-state index contributed by atoms with van der Waals surface area (Å²) < 4.78 is 9.73. The van der Waals surface area contributed by atoms with Gasteiger partial charge in [0.05, 0.1) is 20.3 Å². The van der Waals surface area contributed by atoms with Gasteiger partial charge >= 0.3 is 5.97 Å². The molecule has 0 spiro atoms. The highest BCUT2D eigenvalue weighted by molar-refractivity contribution is 6.03. The Kier molecular flexibility index (Phi) is 3.14. The fourth-order valence-corrected chi connectivity index (χ4v) is 2.23. The van der Waals surface area contributed by atoms with Gasteiger partial charge in [-0.15, -0.1) is 0 Å². The molecule has 16 heavy (non-hydrogen) atoms. The van der Waals surface area contributed by atoms with Crippen molar-refractivity contribution in [3.05, 3.63) is 0 Å². The van der Waals surface area contributed by atoms with Crippen molar-refractivity contribution in [1.82, 2.24) is 4.90 Å². The fourth-order valence-electron chi connectivity index (χ4n) is 2.23. The molecule has 2 rings (SSSR count). The summed E-state index contributed by atoms with van der Waals surface area (Å²) in [5.74, 6) is -0.584. The molecule has 90 valence electrons. The van der Waals surface area contributed by atoms with Crippen molar-refractivity contribution in [3.8, 4) is 0 Å². The Morgan fingerprint density at radius 3 is 2.25 bits per heavy atom. The van der Waals surface area contributed by atoms with Crippen LogP contribution in [0, 0.1) is 5.41 Å². The van der Waals surface area contributed by atoms with E-state index in [9.17, 15) is 9.59 Å². The van der Waals surface area contributed by atoms with Crippen LogP contribution in [0.2, 0.25) is 0 Å².